The van der Waals surface area contributed by atoms with E-state index in [-0.39, 0.29) is 12.4 Å². The van der Waals surface area contributed by atoms with Crippen molar-refractivity contribution in [2.75, 3.05) is 0 Å². The molecule has 2 N–H and O–H groups in total. The monoisotopic (exact) mass is 349 g/mol. The molecule has 0 spiro atoms. The van der Waals surface area contributed by atoms with Crippen LogP contribution >= 0.6 is 12.4 Å². The molecule has 24 heavy (non-hydrogen) atoms. The predicted molar refractivity (Wildman–Crippen MR) is 94.3 cm³/mol. The summed E-state index contributed by atoms with van der Waals surface area (Å²) in [5.74, 6) is -0.492. The van der Waals surface area contributed by atoms with E-state index in [1.807, 2.05) is 44.4 Å². The van der Waals surface area contributed by atoms with Crippen molar-refractivity contribution in [2.45, 2.75) is 45.3 Å². The molecule has 1 aromatic carbocycles. The highest BCUT2D eigenvalue weighted by molar-refractivity contribution is 6.04. The van der Waals surface area contributed by atoms with Crippen molar-refractivity contribution < 1.29 is 10.0 Å². The number of amides is 1. The second-order valence-electron chi connectivity index (χ2n) is 7.09. The highest BCUT2D eigenvalue weighted by Crippen LogP contribution is 2.39. The van der Waals surface area contributed by atoms with E-state index in [1.54, 1.807) is 18.5 Å². The molecule has 0 fully saturated rings. The Bertz CT molecular complexity index is 823. The average molecular weight is 350 g/mol. The van der Waals surface area contributed by atoms with Gasteiger partial charge in [0.25, 0.3) is 5.91 Å². The molecule has 0 bridgehead atoms. The lowest BCUT2D eigenvalue weighted by atomic mass is 9.96. The minimum Gasteiger partial charge on any atom is -0.366 e. The number of nitrogens with zero attached hydrogens (tertiary/aromatic N) is 3. The van der Waals surface area contributed by atoms with Gasteiger partial charge in [0, 0.05) is 6.54 Å². The Balaban J connectivity index is 0.00000208. The summed E-state index contributed by atoms with van der Waals surface area (Å²) in [6, 6.07) is 5.36. The van der Waals surface area contributed by atoms with Gasteiger partial charge in [-0.25, -0.2) is 4.98 Å². The SMILES string of the molecule is CC1(C)C=C(Cn2cnc3c(C(N)=O)cccc32)C(C)(C)N1[O].Cl. The number of hydrogen-bond acceptors (Lipinski definition) is 3. The molecule has 0 aliphatic carbocycles. The Morgan fingerprint density at radius 2 is 1.92 bits per heavy atom. The van der Waals surface area contributed by atoms with Crippen LogP contribution in [0.5, 0.6) is 0 Å². The summed E-state index contributed by atoms with van der Waals surface area (Å²) in [5, 5.41) is 13.6. The van der Waals surface area contributed by atoms with Gasteiger partial charge < -0.3 is 10.3 Å². The molecule has 1 radical (unpaired) electrons. The number of carbonyl (C=O) groups is 1. The van der Waals surface area contributed by atoms with Gasteiger partial charge in [-0.05, 0) is 45.4 Å². The normalized spacial score (nSPS) is 19.1. The molecule has 0 atom stereocenters. The van der Waals surface area contributed by atoms with Crippen LogP contribution in [-0.2, 0) is 11.8 Å². The zero-order valence-electron chi connectivity index (χ0n) is 14.2. The largest absolute Gasteiger partial charge is 0.366 e. The number of nitrogens with two attached hydrogens (primary N) is 1. The van der Waals surface area contributed by atoms with Gasteiger partial charge in [0.2, 0.25) is 0 Å². The molecule has 1 amide bonds. The van der Waals surface area contributed by atoms with E-state index in [0.717, 1.165) is 16.2 Å². The van der Waals surface area contributed by atoms with E-state index in [2.05, 4.69) is 4.98 Å². The fourth-order valence-corrected chi connectivity index (χ4v) is 3.35. The Morgan fingerprint density at radius 3 is 2.46 bits per heavy atom. The number of fused-ring (bicyclic) bond motifs is 1. The average Bonchev–Trinajstić information content (AvgIpc) is 2.94. The molecule has 2 heterocycles. The van der Waals surface area contributed by atoms with Crippen molar-refractivity contribution in [3.05, 3.63) is 41.7 Å². The van der Waals surface area contributed by atoms with Gasteiger partial charge in [0.05, 0.1) is 28.5 Å². The molecule has 1 aromatic heterocycles. The Kier molecular flexibility index (Phi) is 4.52. The summed E-state index contributed by atoms with van der Waals surface area (Å²) in [7, 11) is 0. The van der Waals surface area contributed by atoms with E-state index in [1.165, 1.54) is 0 Å². The number of aromatic nitrogens is 2. The Hall–Kier alpha value is -1.89. The van der Waals surface area contributed by atoms with Gasteiger partial charge in [0.15, 0.2) is 0 Å². The zero-order valence-corrected chi connectivity index (χ0v) is 15.1. The molecule has 6 nitrogen and oxygen atoms in total. The number of hydrogen-bond donors (Lipinski definition) is 1. The predicted octanol–water partition coefficient (Wildman–Crippen LogP) is 2.70. The third-order valence-electron chi connectivity index (χ3n) is 4.60. The molecule has 0 unspecified atom stereocenters. The van der Waals surface area contributed by atoms with E-state index in [0.29, 0.717) is 17.6 Å². The van der Waals surface area contributed by atoms with Gasteiger partial charge in [0.1, 0.15) is 5.52 Å². The van der Waals surface area contributed by atoms with Crippen LogP contribution in [0.1, 0.15) is 38.1 Å². The van der Waals surface area contributed by atoms with Crippen molar-refractivity contribution in [3.8, 4) is 0 Å². The summed E-state index contributed by atoms with van der Waals surface area (Å²) in [4.78, 5) is 15.8. The summed E-state index contributed by atoms with van der Waals surface area (Å²) in [5.41, 5.74) is 7.15. The molecule has 1 aliphatic heterocycles. The first kappa shape index (κ1) is 18.4. The van der Waals surface area contributed by atoms with Crippen molar-refractivity contribution in [2.24, 2.45) is 5.73 Å². The van der Waals surface area contributed by atoms with Crippen LogP contribution in [0.3, 0.4) is 0 Å². The van der Waals surface area contributed by atoms with E-state index < -0.39 is 17.0 Å². The van der Waals surface area contributed by atoms with Crippen LogP contribution in [0.2, 0.25) is 0 Å². The second kappa shape index (κ2) is 5.88. The molecular formula is C17H22ClN4O2. The number of halogens is 1. The number of benzene rings is 1. The molecule has 129 valence electrons. The van der Waals surface area contributed by atoms with Gasteiger partial charge >= 0.3 is 0 Å². The molecular weight excluding hydrogens is 328 g/mol. The Labute approximate surface area is 147 Å². The van der Waals surface area contributed by atoms with Gasteiger partial charge in [-0.3, -0.25) is 4.79 Å². The van der Waals surface area contributed by atoms with E-state index >= 15 is 0 Å². The number of primary amides is 1. The van der Waals surface area contributed by atoms with E-state index in [4.69, 9.17) is 5.73 Å². The number of hydroxylamine groups is 2. The maximum Gasteiger partial charge on any atom is 0.250 e. The lowest BCUT2D eigenvalue weighted by Crippen LogP contribution is -2.47. The van der Waals surface area contributed by atoms with Crippen molar-refractivity contribution in [1.29, 1.82) is 0 Å². The maximum absolute atomic E-state index is 12.5. The first-order valence-corrected chi connectivity index (χ1v) is 7.58. The van der Waals surface area contributed by atoms with Crippen LogP contribution in [-0.4, -0.2) is 31.6 Å². The summed E-state index contributed by atoms with van der Waals surface area (Å²) >= 11 is 0. The number of carbonyl (C=O) groups excluding carboxylic acids is 1. The van der Waals surface area contributed by atoms with Crippen LogP contribution in [0.4, 0.5) is 0 Å². The maximum atomic E-state index is 12.5. The van der Waals surface area contributed by atoms with Crippen molar-refractivity contribution in [1.82, 2.24) is 14.6 Å². The lowest BCUT2D eigenvalue weighted by molar-refractivity contribution is -0.238. The molecule has 1 aliphatic rings. The third kappa shape index (κ3) is 2.70. The molecule has 0 saturated carbocycles. The molecule has 2 aromatic rings. The molecule has 7 heteroatoms. The van der Waals surface area contributed by atoms with Crippen molar-refractivity contribution >= 4 is 29.3 Å². The minimum absolute atomic E-state index is 0. The quantitative estimate of drug-likeness (QED) is 0.864. The van der Waals surface area contributed by atoms with Crippen molar-refractivity contribution in [3.63, 3.8) is 0 Å². The summed E-state index contributed by atoms with van der Waals surface area (Å²) in [6.07, 6.45) is 3.71. The van der Waals surface area contributed by atoms with Gasteiger partial charge in [-0.2, -0.15) is 0 Å². The second-order valence-corrected chi connectivity index (χ2v) is 7.09. The number of rotatable bonds is 3. The first-order valence-electron chi connectivity index (χ1n) is 7.58. The van der Waals surface area contributed by atoms with E-state index in [9.17, 15) is 10.0 Å². The lowest BCUT2D eigenvalue weighted by Gasteiger charge is -2.34. The van der Waals surface area contributed by atoms with Gasteiger partial charge in [-0.1, -0.05) is 12.1 Å². The summed E-state index contributed by atoms with van der Waals surface area (Å²) in [6.45, 7) is 8.22. The van der Waals surface area contributed by atoms with Gasteiger partial charge in [-0.15, -0.1) is 22.7 Å². The topological polar surface area (TPSA) is 84.1 Å². The number of imidazole rings is 1. The molecule has 0 saturated heterocycles. The smallest absolute Gasteiger partial charge is 0.250 e. The fraction of sp³-hybridized carbons (Fsp3) is 0.412. The highest BCUT2D eigenvalue weighted by atomic mass is 35.5. The van der Waals surface area contributed by atoms with Crippen LogP contribution in [0, 0.1) is 0 Å². The van der Waals surface area contributed by atoms with Crippen LogP contribution < -0.4 is 5.73 Å². The summed E-state index contributed by atoms with van der Waals surface area (Å²) < 4.78 is 1.95. The number of para-hydroxylation sites is 1. The fourth-order valence-electron chi connectivity index (χ4n) is 3.35. The Morgan fingerprint density at radius 1 is 1.25 bits per heavy atom. The standard InChI is InChI=1S/C17H21N4O2.ClH/c1-16(2)8-11(17(3,4)21(16)23)9-20-10-19-14-12(15(18)22)6-5-7-13(14)20;/h5-8,10H,9H2,1-4H3,(H2,18,22);1H. The third-order valence-corrected chi connectivity index (χ3v) is 4.60. The first-order chi connectivity index (χ1) is 10.6. The van der Waals surface area contributed by atoms with Crippen LogP contribution in [0.25, 0.3) is 11.0 Å². The molecule has 3 rings (SSSR count). The van der Waals surface area contributed by atoms with Crippen LogP contribution in [0.15, 0.2) is 36.2 Å². The zero-order chi connectivity index (χ0) is 17.0. The highest BCUT2D eigenvalue weighted by Gasteiger charge is 2.46. The minimum atomic E-state index is -0.582.